The number of hydrogen-bond acceptors (Lipinski definition) is 2. The van der Waals surface area contributed by atoms with Crippen molar-refractivity contribution in [3.05, 3.63) is 60.4 Å². The van der Waals surface area contributed by atoms with Crippen LogP contribution in [0.4, 0.5) is 5.69 Å². The molecule has 0 amide bonds. The standard InChI is InChI=1S/C12H10N2/c1-2-6-12(7-3-1)14-10-11-5-4-8-13-9-11/h1-10H/b14-10+. The van der Waals surface area contributed by atoms with Crippen LogP contribution in [0.3, 0.4) is 0 Å². The molecule has 68 valence electrons. The molecule has 1 heterocycles. The molecule has 0 aliphatic carbocycles. The lowest BCUT2D eigenvalue weighted by atomic mass is 10.3. The molecule has 0 aliphatic heterocycles. The predicted octanol–water partition coefficient (Wildman–Crippen LogP) is 2.83. The first-order valence-electron chi connectivity index (χ1n) is 4.44. The van der Waals surface area contributed by atoms with Crippen molar-refractivity contribution in [2.45, 2.75) is 0 Å². The summed E-state index contributed by atoms with van der Waals surface area (Å²) in [5.41, 5.74) is 1.97. The van der Waals surface area contributed by atoms with E-state index < -0.39 is 0 Å². The Kier molecular flexibility index (Phi) is 2.67. The van der Waals surface area contributed by atoms with E-state index in [0.717, 1.165) is 11.3 Å². The first kappa shape index (κ1) is 8.63. The Morgan fingerprint density at radius 2 is 1.86 bits per heavy atom. The SMILES string of the molecule is C(=N\c1ccccc1)/c1cccnc1. The number of aliphatic imine (C=N–C) groups is 1. The summed E-state index contributed by atoms with van der Waals surface area (Å²) in [6.07, 6.45) is 5.34. The molecule has 14 heavy (non-hydrogen) atoms. The zero-order valence-electron chi connectivity index (χ0n) is 7.67. The number of rotatable bonds is 2. The van der Waals surface area contributed by atoms with Gasteiger partial charge in [0.1, 0.15) is 0 Å². The average molecular weight is 182 g/mol. The highest BCUT2D eigenvalue weighted by Gasteiger charge is 1.86. The maximum atomic E-state index is 4.31. The third-order valence-electron chi connectivity index (χ3n) is 1.80. The van der Waals surface area contributed by atoms with Gasteiger partial charge >= 0.3 is 0 Å². The van der Waals surface area contributed by atoms with Gasteiger partial charge in [-0.3, -0.25) is 9.98 Å². The molecule has 0 N–H and O–H groups in total. The lowest BCUT2D eigenvalue weighted by Crippen LogP contribution is -1.80. The van der Waals surface area contributed by atoms with Crippen LogP contribution in [0.2, 0.25) is 0 Å². The van der Waals surface area contributed by atoms with Crippen LogP contribution >= 0.6 is 0 Å². The number of aromatic nitrogens is 1. The van der Waals surface area contributed by atoms with Gasteiger partial charge < -0.3 is 0 Å². The molecule has 0 spiro atoms. The highest BCUT2D eigenvalue weighted by atomic mass is 14.7. The molecule has 0 saturated heterocycles. The lowest BCUT2D eigenvalue weighted by molar-refractivity contribution is 1.32. The Morgan fingerprint density at radius 3 is 2.57 bits per heavy atom. The topological polar surface area (TPSA) is 25.2 Å². The molecule has 0 aliphatic rings. The van der Waals surface area contributed by atoms with Gasteiger partial charge in [0.05, 0.1) is 5.69 Å². The van der Waals surface area contributed by atoms with Crippen molar-refractivity contribution in [3.63, 3.8) is 0 Å². The average Bonchev–Trinajstić information content (AvgIpc) is 2.29. The fraction of sp³-hybridized carbons (Fsp3) is 0. The second kappa shape index (κ2) is 4.33. The predicted molar refractivity (Wildman–Crippen MR) is 57.9 cm³/mol. The summed E-state index contributed by atoms with van der Waals surface area (Å²) in [6.45, 7) is 0. The van der Waals surface area contributed by atoms with Gasteiger partial charge in [-0.1, -0.05) is 24.3 Å². The van der Waals surface area contributed by atoms with Crippen LogP contribution in [0.25, 0.3) is 0 Å². The highest BCUT2D eigenvalue weighted by Crippen LogP contribution is 2.09. The van der Waals surface area contributed by atoms with E-state index in [-0.39, 0.29) is 0 Å². The van der Waals surface area contributed by atoms with Crippen molar-refractivity contribution >= 4 is 11.9 Å². The molecule has 0 fully saturated rings. The summed E-state index contributed by atoms with van der Waals surface area (Å²) in [6, 6.07) is 13.7. The number of pyridine rings is 1. The van der Waals surface area contributed by atoms with Crippen LogP contribution < -0.4 is 0 Å². The molecule has 0 saturated carbocycles. The molecule has 1 aromatic carbocycles. The van der Waals surface area contributed by atoms with Crippen molar-refractivity contribution < 1.29 is 0 Å². The molecule has 0 atom stereocenters. The minimum atomic E-state index is 0.955. The zero-order chi connectivity index (χ0) is 9.64. The summed E-state index contributed by atoms with van der Waals surface area (Å²) in [7, 11) is 0. The summed E-state index contributed by atoms with van der Waals surface area (Å²) in [5, 5.41) is 0. The van der Waals surface area contributed by atoms with E-state index >= 15 is 0 Å². The third-order valence-corrected chi connectivity index (χ3v) is 1.80. The van der Waals surface area contributed by atoms with E-state index in [1.807, 2.05) is 48.7 Å². The second-order valence-corrected chi connectivity index (χ2v) is 2.88. The molecule has 0 radical (unpaired) electrons. The minimum Gasteiger partial charge on any atom is -0.264 e. The summed E-state index contributed by atoms with van der Waals surface area (Å²) in [5.74, 6) is 0. The molecule has 0 bridgehead atoms. The summed E-state index contributed by atoms with van der Waals surface area (Å²) >= 11 is 0. The van der Waals surface area contributed by atoms with Crippen LogP contribution in [0.15, 0.2) is 59.9 Å². The van der Waals surface area contributed by atoms with E-state index in [1.165, 1.54) is 0 Å². The maximum Gasteiger partial charge on any atom is 0.0629 e. The van der Waals surface area contributed by atoms with Crippen molar-refractivity contribution in [1.82, 2.24) is 4.98 Å². The summed E-state index contributed by atoms with van der Waals surface area (Å²) in [4.78, 5) is 8.32. The Labute approximate surface area is 83.0 Å². The van der Waals surface area contributed by atoms with E-state index in [1.54, 1.807) is 12.4 Å². The molecular weight excluding hydrogens is 172 g/mol. The Hall–Kier alpha value is -1.96. The molecule has 0 unspecified atom stereocenters. The van der Waals surface area contributed by atoms with Gasteiger partial charge in [-0.15, -0.1) is 0 Å². The van der Waals surface area contributed by atoms with Gasteiger partial charge in [0, 0.05) is 24.2 Å². The molecule has 2 rings (SSSR count). The number of benzene rings is 1. The Bertz CT molecular complexity index is 365. The second-order valence-electron chi connectivity index (χ2n) is 2.88. The van der Waals surface area contributed by atoms with Crippen LogP contribution in [0.5, 0.6) is 0 Å². The van der Waals surface area contributed by atoms with Crippen LogP contribution in [-0.2, 0) is 0 Å². The first-order chi connectivity index (χ1) is 6.95. The molecule has 2 heteroatoms. The zero-order valence-corrected chi connectivity index (χ0v) is 7.67. The maximum absolute atomic E-state index is 4.31. The normalized spacial score (nSPS) is 10.6. The van der Waals surface area contributed by atoms with E-state index in [9.17, 15) is 0 Å². The summed E-state index contributed by atoms with van der Waals surface area (Å²) < 4.78 is 0. The fourth-order valence-electron chi connectivity index (χ4n) is 1.12. The number of para-hydroxylation sites is 1. The number of hydrogen-bond donors (Lipinski definition) is 0. The smallest absolute Gasteiger partial charge is 0.0629 e. The van der Waals surface area contributed by atoms with Gasteiger partial charge in [0.2, 0.25) is 0 Å². The van der Waals surface area contributed by atoms with Crippen molar-refractivity contribution in [1.29, 1.82) is 0 Å². The third kappa shape index (κ3) is 2.26. The number of nitrogens with zero attached hydrogens (tertiary/aromatic N) is 2. The quantitative estimate of drug-likeness (QED) is 0.655. The molecular formula is C12H10N2. The Balaban J connectivity index is 2.16. The van der Waals surface area contributed by atoms with Gasteiger partial charge in [0.15, 0.2) is 0 Å². The van der Waals surface area contributed by atoms with E-state index in [4.69, 9.17) is 0 Å². The van der Waals surface area contributed by atoms with Crippen molar-refractivity contribution in [3.8, 4) is 0 Å². The highest BCUT2D eigenvalue weighted by molar-refractivity contribution is 5.81. The van der Waals surface area contributed by atoms with Gasteiger partial charge in [-0.05, 0) is 18.2 Å². The molecule has 2 aromatic rings. The monoisotopic (exact) mass is 182 g/mol. The largest absolute Gasteiger partial charge is 0.264 e. The van der Waals surface area contributed by atoms with E-state index in [2.05, 4.69) is 9.98 Å². The minimum absolute atomic E-state index is 0.955. The van der Waals surface area contributed by atoms with Crippen molar-refractivity contribution in [2.24, 2.45) is 4.99 Å². The van der Waals surface area contributed by atoms with Crippen LogP contribution in [0.1, 0.15) is 5.56 Å². The lowest BCUT2D eigenvalue weighted by Gasteiger charge is -1.91. The van der Waals surface area contributed by atoms with E-state index in [0.29, 0.717) is 0 Å². The first-order valence-corrected chi connectivity index (χ1v) is 4.44. The molecule has 2 nitrogen and oxygen atoms in total. The molecule has 1 aromatic heterocycles. The van der Waals surface area contributed by atoms with Gasteiger partial charge in [-0.2, -0.15) is 0 Å². The van der Waals surface area contributed by atoms with Crippen LogP contribution in [0, 0.1) is 0 Å². The van der Waals surface area contributed by atoms with Crippen LogP contribution in [-0.4, -0.2) is 11.2 Å². The van der Waals surface area contributed by atoms with Crippen molar-refractivity contribution in [2.75, 3.05) is 0 Å². The fourth-order valence-corrected chi connectivity index (χ4v) is 1.12. The van der Waals surface area contributed by atoms with Gasteiger partial charge in [0.25, 0.3) is 0 Å². The Morgan fingerprint density at radius 1 is 1.00 bits per heavy atom. The van der Waals surface area contributed by atoms with Gasteiger partial charge in [-0.25, -0.2) is 0 Å².